The molecular formula is C20H28N2O4. The summed E-state index contributed by atoms with van der Waals surface area (Å²) >= 11 is 0. The number of carbonyl (C=O) groups is 1. The van der Waals surface area contributed by atoms with E-state index in [0.29, 0.717) is 31.9 Å². The summed E-state index contributed by atoms with van der Waals surface area (Å²) in [5.41, 5.74) is 3.63. The van der Waals surface area contributed by atoms with Gasteiger partial charge in [0.25, 0.3) is 5.91 Å². The van der Waals surface area contributed by atoms with E-state index in [0.717, 1.165) is 29.2 Å². The van der Waals surface area contributed by atoms with Gasteiger partial charge in [0.2, 0.25) is 0 Å². The molecule has 0 fully saturated rings. The lowest BCUT2D eigenvalue weighted by molar-refractivity contribution is 0.0688. The Labute approximate surface area is 155 Å². The molecule has 0 saturated heterocycles. The van der Waals surface area contributed by atoms with E-state index in [1.165, 1.54) is 0 Å². The van der Waals surface area contributed by atoms with Crippen molar-refractivity contribution in [2.24, 2.45) is 0 Å². The second-order valence-electron chi connectivity index (χ2n) is 6.03. The first-order chi connectivity index (χ1) is 12.6. The SMILES string of the molecule is COCCOCCCNC(=O)c1cc(C)n(-c2ccc(OC)cc2)c1C. The molecule has 1 N–H and O–H groups in total. The van der Waals surface area contributed by atoms with Crippen LogP contribution in [-0.2, 0) is 9.47 Å². The van der Waals surface area contributed by atoms with Crippen molar-refractivity contribution < 1.29 is 19.0 Å². The fourth-order valence-electron chi connectivity index (χ4n) is 2.84. The molecule has 2 rings (SSSR count). The summed E-state index contributed by atoms with van der Waals surface area (Å²) in [5, 5.41) is 2.96. The van der Waals surface area contributed by atoms with Gasteiger partial charge in [-0.05, 0) is 50.6 Å². The van der Waals surface area contributed by atoms with Crippen molar-refractivity contribution >= 4 is 5.91 Å². The van der Waals surface area contributed by atoms with Crippen LogP contribution in [0.3, 0.4) is 0 Å². The van der Waals surface area contributed by atoms with Crippen LogP contribution in [0.15, 0.2) is 30.3 Å². The molecule has 0 bridgehead atoms. The summed E-state index contributed by atoms with van der Waals surface area (Å²) in [7, 11) is 3.29. The van der Waals surface area contributed by atoms with Crippen molar-refractivity contribution in [2.45, 2.75) is 20.3 Å². The Morgan fingerprint density at radius 2 is 1.81 bits per heavy atom. The zero-order valence-corrected chi connectivity index (χ0v) is 16.0. The lowest BCUT2D eigenvalue weighted by Crippen LogP contribution is -2.25. The van der Waals surface area contributed by atoms with Crippen LogP contribution < -0.4 is 10.1 Å². The lowest BCUT2D eigenvalue weighted by atomic mass is 10.2. The summed E-state index contributed by atoms with van der Waals surface area (Å²) in [6.45, 7) is 6.31. The number of methoxy groups -OCH3 is 2. The minimum absolute atomic E-state index is 0.0604. The van der Waals surface area contributed by atoms with Crippen LogP contribution in [0.25, 0.3) is 5.69 Å². The number of rotatable bonds is 10. The van der Waals surface area contributed by atoms with Gasteiger partial charge in [-0.25, -0.2) is 0 Å². The van der Waals surface area contributed by atoms with Gasteiger partial charge in [-0.2, -0.15) is 0 Å². The predicted octanol–water partition coefficient (Wildman–Crippen LogP) is 2.89. The molecule has 1 aromatic heterocycles. The molecule has 1 heterocycles. The van der Waals surface area contributed by atoms with E-state index < -0.39 is 0 Å². The van der Waals surface area contributed by atoms with E-state index in [-0.39, 0.29) is 5.91 Å². The zero-order chi connectivity index (χ0) is 18.9. The number of ether oxygens (including phenoxy) is 3. The minimum Gasteiger partial charge on any atom is -0.497 e. The molecule has 0 atom stereocenters. The van der Waals surface area contributed by atoms with E-state index in [2.05, 4.69) is 9.88 Å². The number of hydrogen-bond acceptors (Lipinski definition) is 4. The molecule has 6 heteroatoms. The Morgan fingerprint density at radius 1 is 1.08 bits per heavy atom. The highest BCUT2D eigenvalue weighted by Gasteiger charge is 2.16. The summed E-state index contributed by atoms with van der Waals surface area (Å²) in [6, 6.07) is 9.72. The number of aromatic nitrogens is 1. The average Bonchev–Trinajstić information content (AvgIpc) is 2.95. The van der Waals surface area contributed by atoms with Crippen molar-refractivity contribution in [2.75, 3.05) is 40.6 Å². The number of aryl methyl sites for hydroxylation is 1. The maximum absolute atomic E-state index is 12.5. The Morgan fingerprint density at radius 3 is 2.46 bits per heavy atom. The van der Waals surface area contributed by atoms with Crippen molar-refractivity contribution in [3.63, 3.8) is 0 Å². The van der Waals surface area contributed by atoms with Crippen LogP contribution in [0.2, 0.25) is 0 Å². The smallest absolute Gasteiger partial charge is 0.253 e. The van der Waals surface area contributed by atoms with Gasteiger partial charge in [0.15, 0.2) is 0 Å². The van der Waals surface area contributed by atoms with Crippen LogP contribution in [0.1, 0.15) is 28.2 Å². The van der Waals surface area contributed by atoms with E-state index in [4.69, 9.17) is 14.2 Å². The van der Waals surface area contributed by atoms with E-state index >= 15 is 0 Å². The number of amides is 1. The van der Waals surface area contributed by atoms with Crippen LogP contribution in [-0.4, -0.2) is 51.1 Å². The van der Waals surface area contributed by atoms with Gasteiger partial charge in [0.05, 0.1) is 25.9 Å². The third kappa shape index (κ3) is 5.09. The predicted molar refractivity (Wildman–Crippen MR) is 101 cm³/mol. The second kappa shape index (κ2) is 9.99. The normalized spacial score (nSPS) is 10.8. The summed E-state index contributed by atoms with van der Waals surface area (Å²) in [5.74, 6) is 0.747. The quantitative estimate of drug-likeness (QED) is 0.662. The molecule has 0 saturated carbocycles. The maximum Gasteiger partial charge on any atom is 0.253 e. The van der Waals surface area contributed by atoms with E-state index in [9.17, 15) is 4.79 Å². The van der Waals surface area contributed by atoms with Crippen molar-refractivity contribution in [3.8, 4) is 11.4 Å². The van der Waals surface area contributed by atoms with Crippen LogP contribution >= 0.6 is 0 Å². The number of nitrogens with one attached hydrogen (secondary N) is 1. The van der Waals surface area contributed by atoms with Gasteiger partial charge in [-0.3, -0.25) is 4.79 Å². The molecule has 0 spiro atoms. The minimum atomic E-state index is -0.0604. The summed E-state index contributed by atoms with van der Waals surface area (Å²) < 4.78 is 17.6. The van der Waals surface area contributed by atoms with Gasteiger partial charge < -0.3 is 24.1 Å². The van der Waals surface area contributed by atoms with Crippen molar-refractivity contribution in [3.05, 3.63) is 47.3 Å². The third-order valence-corrected chi connectivity index (χ3v) is 4.19. The summed E-state index contributed by atoms with van der Waals surface area (Å²) in [4.78, 5) is 12.5. The number of nitrogens with zero attached hydrogens (tertiary/aromatic N) is 1. The second-order valence-corrected chi connectivity index (χ2v) is 6.03. The molecule has 1 aromatic carbocycles. The molecular weight excluding hydrogens is 332 g/mol. The lowest BCUT2D eigenvalue weighted by Gasteiger charge is -2.11. The molecule has 26 heavy (non-hydrogen) atoms. The first-order valence-corrected chi connectivity index (χ1v) is 8.76. The first-order valence-electron chi connectivity index (χ1n) is 8.76. The Kier molecular flexibility index (Phi) is 7.69. The van der Waals surface area contributed by atoms with Gasteiger partial charge in [0, 0.05) is 37.3 Å². The van der Waals surface area contributed by atoms with Crippen molar-refractivity contribution in [1.82, 2.24) is 9.88 Å². The fourth-order valence-corrected chi connectivity index (χ4v) is 2.84. The molecule has 6 nitrogen and oxygen atoms in total. The highest BCUT2D eigenvalue weighted by Crippen LogP contribution is 2.22. The molecule has 142 valence electrons. The maximum atomic E-state index is 12.5. The Bertz CT molecular complexity index is 707. The molecule has 0 aliphatic rings. The van der Waals surface area contributed by atoms with Gasteiger partial charge in [-0.15, -0.1) is 0 Å². The number of benzene rings is 1. The molecule has 1 amide bonds. The van der Waals surface area contributed by atoms with E-state index in [1.54, 1.807) is 14.2 Å². The molecule has 0 aliphatic carbocycles. The highest BCUT2D eigenvalue weighted by atomic mass is 16.5. The monoisotopic (exact) mass is 360 g/mol. The number of hydrogen-bond donors (Lipinski definition) is 1. The summed E-state index contributed by atoms with van der Waals surface area (Å²) in [6.07, 6.45) is 0.771. The topological polar surface area (TPSA) is 61.7 Å². The Balaban J connectivity index is 1.96. The Hall–Kier alpha value is -2.31. The van der Waals surface area contributed by atoms with Crippen LogP contribution in [0.4, 0.5) is 0 Å². The highest BCUT2D eigenvalue weighted by molar-refractivity contribution is 5.95. The molecule has 2 aromatic rings. The molecule has 0 aliphatic heterocycles. The van der Waals surface area contributed by atoms with Gasteiger partial charge in [0.1, 0.15) is 5.75 Å². The zero-order valence-electron chi connectivity index (χ0n) is 16.0. The van der Waals surface area contributed by atoms with Crippen LogP contribution in [0, 0.1) is 13.8 Å². The van der Waals surface area contributed by atoms with Crippen molar-refractivity contribution in [1.29, 1.82) is 0 Å². The van der Waals surface area contributed by atoms with Gasteiger partial charge >= 0.3 is 0 Å². The fraction of sp³-hybridized carbons (Fsp3) is 0.450. The standard InChI is InChI=1S/C20H28N2O4/c1-15-14-19(20(23)21-10-5-11-26-13-12-24-3)16(2)22(15)17-6-8-18(25-4)9-7-17/h6-9,14H,5,10-13H2,1-4H3,(H,21,23). The van der Waals surface area contributed by atoms with Gasteiger partial charge in [-0.1, -0.05) is 0 Å². The molecule has 0 radical (unpaired) electrons. The van der Waals surface area contributed by atoms with Crippen LogP contribution in [0.5, 0.6) is 5.75 Å². The number of carbonyl (C=O) groups excluding carboxylic acids is 1. The third-order valence-electron chi connectivity index (χ3n) is 4.19. The molecule has 0 unspecified atom stereocenters. The average molecular weight is 360 g/mol. The largest absolute Gasteiger partial charge is 0.497 e. The van der Waals surface area contributed by atoms with E-state index in [1.807, 2.05) is 44.2 Å². The first kappa shape index (κ1) is 20.0.